The zero-order valence-corrected chi connectivity index (χ0v) is 18.8. The second kappa shape index (κ2) is 9.14. The summed E-state index contributed by atoms with van der Waals surface area (Å²) in [4.78, 5) is 32.4. The molecule has 5 nitrogen and oxygen atoms in total. The summed E-state index contributed by atoms with van der Waals surface area (Å²) >= 11 is 5.70. The second-order valence-electron chi connectivity index (χ2n) is 8.70. The number of pyridine rings is 1. The van der Waals surface area contributed by atoms with Crippen LogP contribution in [0.25, 0.3) is 0 Å². The first kappa shape index (κ1) is 22.6. The number of carbonyl (C=O) groups is 2. The molecule has 2 aliphatic rings. The van der Waals surface area contributed by atoms with Crippen LogP contribution in [0.1, 0.15) is 66.7 Å². The minimum Gasteiger partial charge on any atom is -0.347 e. The summed E-state index contributed by atoms with van der Waals surface area (Å²) in [5.74, 6) is -1.99. The number of rotatable bonds is 6. The van der Waals surface area contributed by atoms with Crippen molar-refractivity contribution in [3.05, 3.63) is 63.9 Å². The maximum atomic E-state index is 14.6. The molecule has 1 saturated heterocycles. The molecule has 3 atom stereocenters. The van der Waals surface area contributed by atoms with Crippen molar-refractivity contribution < 1.29 is 18.4 Å². The fourth-order valence-electron chi connectivity index (χ4n) is 4.54. The molecule has 1 saturated carbocycles. The number of hydrogen-bond acceptors (Lipinski definition) is 3. The number of likely N-dealkylation sites (tertiary alicyclic amines) is 1. The van der Waals surface area contributed by atoms with Crippen molar-refractivity contribution >= 4 is 23.4 Å². The van der Waals surface area contributed by atoms with Crippen molar-refractivity contribution in [2.75, 3.05) is 0 Å². The highest BCUT2D eigenvalue weighted by Crippen LogP contribution is 2.43. The Balaban J connectivity index is 1.59. The molecule has 32 heavy (non-hydrogen) atoms. The van der Waals surface area contributed by atoms with Crippen molar-refractivity contribution in [2.45, 2.75) is 64.1 Å². The summed E-state index contributed by atoms with van der Waals surface area (Å²) in [6.45, 7) is 3.86. The van der Waals surface area contributed by atoms with Gasteiger partial charge in [0.2, 0.25) is 5.91 Å². The zero-order chi connectivity index (χ0) is 23.0. The predicted molar refractivity (Wildman–Crippen MR) is 117 cm³/mol. The molecule has 170 valence electrons. The first-order valence-corrected chi connectivity index (χ1v) is 11.4. The molecule has 0 spiro atoms. The lowest BCUT2D eigenvalue weighted by Crippen LogP contribution is -2.50. The van der Waals surface area contributed by atoms with E-state index >= 15 is 0 Å². The van der Waals surface area contributed by atoms with E-state index in [1.807, 2.05) is 19.9 Å². The molecule has 8 heteroatoms. The number of nitrogens with one attached hydrogen (secondary N) is 1. The lowest BCUT2D eigenvalue weighted by Gasteiger charge is -2.30. The van der Waals surface area contributed by atoms with Gasteiger partial charge in [0.1, 0.15) is 23.4 Å². The number of amides is 2. The molecule has 2 fully saturated rings. The Hall–Kier alpha value is -2.54. The largest absolute Gasteiger partial charge is 0.347 e. The van der Waals surface area contributed by atoms with E-state index in [2.05, 4.69) is 10.3 Å². The van der Waals surface area contributed by atoms with Crippen LogP contribution in [-0.4, -0.2) is 33.8 Å². The number of carbonyl (C=O) groups excluding carboxylic acids is 2. The molecular formula is C24H26ClF2N3O2. The van der Waals surface area contributed by atoms with E-state index in [9.17, 15) is 18.4 Å². The van der Waals surface area contributed by atoms with E-state index in [-0.39, 0.29) is 34.4 Å². The second-order valence-corrected chi connectivity index (χ2v) is 9.10. The van der Waals surface area contributed by atoms with Crippen LogP contribution < -0.4 is 5.32 Å². The van der Waals surface area contributed by atoms with Crippen molar-refractivity contribution in [1.29, 1.82) is 0 Å². The summed E-state index contributed by atoms with van der Waals surface area (Å²) in [5, 5.41) is 2.62. The van der Waals surface area contributed by atoms with Gasteiger partial charge in [0, 0.05) is 17.8 Å². The molecule has 2 heterocycles. The average molecular weight is 462 g/mol. The Labute approximate surface area is 191 Å². The first-order valence-electron chi connectivity index (χ1n) is 11.0. The monoisotopic (exact) mass is 461 g/mol. The average Bonchev–Trinajstić information content (AvgIpc) is 3.52. The third-order valence-corrected chi connectivity index (χ3v) is 6.70. The number of benzene rings is 1. The third kappa shape index (κ3) is 4.49. The van der Waals surface area contributed by atoms with Crippen LogP contribution in [0.3, 0.4) is 0 Å². The smallest absolute Gasteiger partial charge is 0.273 e. The molecule has 4 rings (SSSR count). The summed E-state index contributed by atoms with van der Waals surface area (Å²) < 4.78 is 28.7. The van der Waals surface area contributed by atoms with Gasteiger partial charge in [-0.05, 0) is 74.8 Å². The lowest BCUT2D eigenvalue weighted by atomic mass is 10.0. The number of hydrogen-bond donors (Lipinski definition) is 1. The van der Waals surface area contributed by atoms with Gasteiger partial charge in [-0.1, -0.05) is 18.5 Å². The van der Waals surface area contributed by atoms with Crippen molar-refractivity contribution in [2.24, 2.45) is 5.92 Å². The van der Waals surface area contributed by atoms with Gasteiger partial charge in [-0.2, -0.15) is 0 Å². The Morgan fingerprint density at radius 2 is 1.94 bits per heavy atom. The molecule has 0 bridgehead atoms. The quantitative estimate of drug-likeness (QED) is 0.617. The van der Waals surface area contributed by atoms with Crippen LogP contribution in [0.4, 0.5) is 8.78 Å². The Bertz CT molecular complexity index is 1040. The zero-order valence-electron chi connectivity index (χ0n) is 18.1. The van der Waals surface area contributed by atoms with Gasteiger partial charge in [-0.3, -0.25) is 14.6 Å². The predicted octanol–water partition coefficient (Wildman–Crippen LogP) is 4.97. The van der Waals surface area contributed by atoms with Gasteiger partial charge in [-0.15, -0.1) is 0 Å². The minimum atomic E-state index is -0.725. The summed E-state index contributed by atoms with van der Waals surface area (Å²) in [6, 6.07) is 4.09. The molecule has 1 aliphatic heterocycles. The van der Waals surface area contributed by atoms with Gasteiger partial charge in [0.15, 0.2) is 0 Å². The Morgan fingerprint density at radius 1 is 1.19 bits per heavy atom. The highest BCUT2D eigenvalue weighted by atomic mass is 35.5. The normalized spacial score (nSPS) is 21.5. The summed E-state index contributed by atoms with van der Waals surface area (Å²) in [6.07, 6.45) is 5.13. The fraction of sp³-hybridized carbons (Fsp3) is 0.458. The van der Waals surface area contributed by atoms with Gasteiger partial charge in [0.25, 0.3) is 5.91 Å². The van der Waals surface area contributed by atoms with Gasteiger partial charge in [0.05, 0.1) is 11.1 Å². The first-order chi connectivity index (χ1) is 15.3. The minimum absolute atomic E-state index is 0.0278. The topological polar surface area (TPSA) is 62.3 Å². The molecule has 1 aliphatic carbocycles. The molecule has 1 unspecified atom stereocenters. The van der Waals surface area contributed by atoms with Gasteiger partial charge < -0.3 is 10.2 Å². The number of halogens is 3. The Morgan fingerprint density at radius 3 is 2.59 bits per heavy atom. The van der Waals surface area contributed by atoms with E-state index in [1.165, 1.54) is 0 Å². The van der Waals surface area contributed by atoms with Gasteiger partial charge in [-0.25, -0.2) is 8.78 Å². The number of aryl methyl sites for hydroxylation is 1. The Kier molecular flexibility index (Phi) is 6.47. The van der Waals surface area contributed by atoms with Crippen LogP contribution in [0.15, 0.2) is 30.5 Å². The van der Waals surface area contributed by atoms with Crippen LogP contribution in [0.2, 0.25) is 5.02 Å². The summed E-state index contributed by atoms with van der Waals surface area (Å²) in [5.41, 5.74) is 1.30. The highest BCUT2D eigenvalue weighted by molar-refractivity contribution is 6.30. The van der Waals surface area contributed by atoms with Crippen molar-refractivity contribution in [1.82, 2.24) is 15.2 Å². The van der Waals surface area contributed by atoms with E-state index < -0.39 is 23.7 Å². The SMILES string of the molecule is CC[C@@H]1CC[C@H](C(=O)NC(c2cc(F)c(Cl)cc2F)C2CC2)N1C(=O)c1cc(C)ccn1. The van der Waals surface area contributed by atoms with Crippen LogP contribution >= 0.6 is 11.6 Å². The molecule has 2 aromatic rings. The standard InChI is InChI=1S/C24H26ClF2N3O2/c1-3-15-6-7-21(30(15)24(32)20-10-13(2)8-9-28-20)23(31)29-22(14-4-5-14)16-11-19(27)17(25)12-18(16)26/h8-12,14-15,21-22H,3-7H2,1-2H3,(H,29,31)/t15-,21-,22?/m1/s1. The molecule has 2 amide bonds. The lowest BCUT2D eigenvalue weighted by molar-refractivity contribution is -0.126. The molecule has 1 aromatic carbocycles. The van der Waals surface area contributed by atoms with E-state index in [0.29, 0.717) is 25.0 Å². The fourth-order valence-corrected chi connectivity index (χ4v) is 4.69. The highest BCUT2D eigenvalue weighted by Gasteiger charge is 2.43. The molecule has 0 radical (unpaired) electrons. The van der Waals surface area contributed by atoms with E-state index in [1.54, 1.807) is 17.2 Å². The molecular weight excluding hydrogens is 436 g/mol. The van der Waals surface area contributed by atoms with E-state index in [4.69, 9.17) is 11.6 Å². The number of aromatic nitrogens is 1. The molecule has 1 aromatic heterocycles. The van der Waals surface area contributed by atoms with Crippen molar-refractivity contribution in [3.8, 4) is 0 Å². The van der Waals surface area contributed by atoms with Crippen LogP contribution in [0, 0.1) is 24.5 Å². The summed E-state index contributed by atoms with van der Waals surface area (Å²) in [7, 11) is 0. The third-order valence-electron chi connectivity index (χ3n) is 6.41. The van der Waals surface area contributed by atoms with Gasteiger partial charge >= 0.3 is 0 Å². The van der Waals surface area contributed by atoms with E-state index in [0.717, 1.165) is 30.5 Å². The van der Waals surface area contributed by atoms with Crippen LogP contribution in [0.5, 0.6) is 0 Å². The number of nitrogens with zero attached hydrogens (tertiary/aromatic N) is 2. The van der Waals surface area contributed by atoms with Crippen LogP contribution in [-0.2, 0) is 4.79 Å². The molecule has 1 N–H and O–H groups in total. The maximum Gasteiger partial charge on any atom is 0.273 e. The maximum absolute atomic E-state index is 14.6. The van der Waals surface area contributed by atoms with Crippen molar-refractivity contribution in [3.63, 3.8) is 0 Å².